The van der Waals surface area contributed by atoms with Gasteiger partial charge in [-0.25, -0.2) is 18.3 Å². The van der Waals surface area contributed by atoms with Gasteiger partial charge in [0, 0.05) is 0 Å². The highest BCUT2D eigenvalue weighted by atomic mass is 19.2. The molecule has 5 nitrogen and oxygen atoms in total. The molecule has 3 aromatic rings. The zero-order valence-corrected chi connectivity index (χ0v) is 10.6. The summed E-state index contributed by atoms with van der Waals surface area (Å²) < 4.78 is 27.6. The van der Waals surface area contributed by atoms with Crippen molar-refractivity contribution in [2.45, 2.75) is 6.54 Å². The molecule has 1 aromatic heterocycles. The summed E-state index contributed by atoms with van der Waals surface area (Å²) in [5.74, 6) is -2.88. The van der Waals surface area contributed by atoms with Crippen molar-refractivity contribution in [3.05, 3.63) is 59.2 Å². The minimum atomic E-state index is -1.05. The summed E-state index contributed by atoms with van der Waals surface area (Å²) in [6.07, 6.45) is 0. The molecule has 0 aliphatic rings. The number of carboxylic acids is 1. The summed E-state index contributed by atoms with van der Waals surface area (Å²) in [5.41, 5.74) is 1.69. The second-order valence-electron chi connectivity index (χ2n) is 4.50. The van der Waals surface area contributed by atoms with Crippen molar-refractivity contribution in [1.82, 2.24) is 15.0 Å². The van der Waals surface area contributed by atoms with Crippen molar-refractivity contribution in [2.75, 3.05) is 0 Å². The first-order valence-electron chi connectivity index (χ1n) is 6.05. The molecular formula is C14H9F2N3O2. The Balaban J connectivity index is 1.97. The summed E-state index contributed by atoms with van der Waals surface area (Å²) in [5, 5.41) is 16.7. The van der Waals surface area contributed by atoms with Crippen molar-refractivity contribution in [3.63, 3.8) is 0 Å². The van der Waals surface area contributed by atoms with Crippen LogP contribution in [-0.4, -0.2) is 26.1 Å². The zero-order chi connectivity index (χ0) is 15.0. The van der Waals surface area contributed by atoms with E-state index in [1.807, 2.05) is 0 Å². The standard InChI is InChI=1S/C14H9F2N3O2/c15-10-3-1-8(5-11(10)16)7-19-13-4-2-9(14(20)21)6-12(13)17-18-19/h1-6H,7H2,(H,20,21). The van der Waals surface area contributed by atoms with Gasteiger partial charge in [-0.05, 0) is 35.9 Å². The summed E-state index contributed by atoms with van der Waals surface area (Å²) >= 11 is 0. The van der Waals surface area contributed by atoms with E-state index in [1.54, 1.807) is 6.07 Å². The number of nitrogens with zero attached hydrogens (tertiary/aromatic N) is 3. The molecule has 0 amide bonds. The first-order valence-corrected chi connectivity index (χ1v) is 6.05. The molecule has 0 atom stereocenters. The number of aromatic carboxylic acids is 1. The van der Waals surface area contributed by atoms with E-state index in [9.17, 15) is 13.6 Å². The van der Waals surface area contributed by atoms with Crippen LogP contribution in [-0.2, 0) is 6.54 Å². The number of rotatable bonds is 3. The van der Waals surface area contributed by atoms with Crippen LogP contribution in [0.4, 0.5) is 8.78 Å². The number of fused-ring (bicyclic) bond motifs is 1. The van der Waals surface area contributed by atoms with Crippen molar-refractivity contribution >= 4 is 17.0 Å². The van der Waals surface area contributed by atoms with Crippen LogP contribution in [0.15, 0.2) is 36.4 Å². The fraction of sp³-hybridized carbons (Fsp3) is 0.0714. The summed E-state index contributed by atoms with van der Waals surface area (Å²) in [7, 11) is 0. The Bertz CT molecular complexity index is 845. The molecule has 3 rings (SSSR count). The summed E-state index contributed by atoms with van der Waals surface area (Å²) in [6.45, 7) is 0.208. The molecule has 0 fully saturated rings. The molecule has 0 bridgehead atoms. The van der Waals surface area contributed by atoms with Crippen LogP contribution < -0.4 is 0 Å². The average Bonchev–Trinajstić information content (AvgIpc) is 2.85. The van der Waals surface area contributed by atoms with Gasteiger partial charge in [-0.2, -0.15) is 0 Å². The highest BCUT2D eigenvalue weighted by Gasteiger charge is 2.10. The topological polar surface area (TPSA) is 68.0 Å². The summed E-state index contributed by atoms with van der Waals surface area (Å²) in [4.78, 5) is 10.9. The van der Waals surface area contributed by atoms with Gasteiger partial charge in [-0.3, -0.25) is 0 Å². The van der Waals surface area contributed by atoms with Gasteiger partial charge < -0.3 is 5.11 Å². The minimum Gasteiger partial charge on any atom is -0.478 e. The van der Waals surface area contributed by atoms with E-state index in [-0.39, 0.29) is 12.1 Å². The van der Waals surface area contributed by atoms with Gasteiger partial charge in [0.15, 0.2) is 11.6 Å². The fourth-order valence-corrected chi connectivity index (χ4v) is 2.03. The van der Waals surface area contributed by atoms with Gasteiger partial charge >= 0.3 is 5.97 Å². The normalized spacial score (nSPS) is 11.0. The maximum atomic E-state index is 13.2. The lowest BCUT2D eigenvalue weighted by molar-refractivity contribution is 0.0697. The van der Waals surface area contributed by atoms with Gasteiger partial charge in [0.1, 0.15) is 5.52 Å². The molecule has 1 N–H and O–H groups in total. The SMILES string of the molecule is O=C(O)c1ccc2c(c1)nnn2Cc1ccc(F)c(F)c1. The van der Waals surface area contributed by atoms with E-state index in [0.717, 1.165) is 12.1 Å². The predicted octanol–water partition coefficient (Wildman–Crippen LogP) is 2.46. The molecule has 106 valence electrons. The Hall–Kier alpha value is -2.83. The second kappa shape index (κ2) is 4.93. The lowest BCUT2D eigenvalue weighted by atomic mass is 10.2. The first kappa shape index (κ1) is 13.2. The van der Waals surface area contributed by atoms with Gasteiger partial charge in [0.2, 0.25) is 0 Å². The van der Waals surface area contributed by atoms with Crippen molar-refractivity contribution in [3.8, 4) is 0 Å². The van der Waals surface area contributed by atoms with Crippen LogP contribution >= 0.6 is 0 Å². The maximum absolute atomic E-state index is 13.2. The lowest BCUT2D eigenvalue weighted by Gasteiger charge is -2.03. The Labute approximate surface area is 117 Å². The van der Waals surface area contributed by atoms with Crippen molar-refractivity contribution in [2.24, 2.45) is 0 Å². The van der Waals surface area contributed by atoms with E-state index < -0.39 is 17.6 Å². The van der Waals surface area contributed by atoms with Crippen molar-refractivity contribution in [1.29, 1.82) is 0 Å². The Kier molecular flexibility index (Phi) is 3.09. The first-order chi connectivity index (χ1) is 10.0. The number of hydrogen-bond acceptors (Lipinski definition) is 3. The Morgan fingerprint density at radius 1 is 1.14 bits per heavy atom. The van der Waals surface area contributed by atoms with E-state index in [1.165, 1.54) is 22.9 Å². The Morgan fingerprint density at radius 2 is 1.95 bits per heavy atom. The quantitative estimate of drug-likeness (QED) is 0.804. The van der Waals surface area contributed by atoms with E-state index in [4.69, 9.17) is 5.11 Å². The van der Waals surface area contributed by atoms with E-state index in [0.29, 0.717) is 16.6 Å². The summed E-state index contributed by atoms with van der Waals surface area (Å²) in [6, 6.07) is 8.03. The van der Waals surface area contributed by atoms with Crippen LogP contribution in [0, 0.1) is 11.6 Å². The monoisotopic (exact) mass is 289 g/mol. The van der Waals surface area contributed by atoms with Gasteiger partial charge in [0.25, 0.3) is 0 Å². The number of carbonyl (C=O) groups is 1. The minimum absolute atomic E-state index is 0.113. The molecule has 1 heterocycles. The Morgan fingerprint density at radius 3 is 2.67 bits per heavy atom. The van der Waals surface area contributed by atoms with Crippen LogP contribution in [0.25, 0.3) is 11.0 Å². The van der Waals surface area contributed by atoms with Crippen LogP contribution in [0.2, 0.25) is 0 Å². The van der Waals surface area contributed by atoms with E-state index >= 15 is 0 Å². The third-order valence-electron chi connectivity index (χ3n) is 3.08. The second-order valence-corrected chi connectivity index (χ2v) is 4.50. The molecule has 0 saturated heterocycles. The molecule has 7 heteroatoms. The number of hydrogen-bond donors (Lipinski definition) is 1. The van der Waals surface area contributed by atoms with Gasteiger partial charge in [0.05, 0.1) is 17.6 Å². The van der Waals surface area contributed by atoms with Crippen LogP contribution in [0.3, 0.4) is 0 Å². The van der Waals surface area contributed by atoms with Gasteiger partial charge in [-0.15, -0.1) is 5.10 Å². The highest BCUT2D eigenvalue weighted by molar-refractivity contribution is 5.92. The third kappa shape index (κ3) is 2.45. The molecule has 0 saturated carbocycles. The molecule has 0 radical (unpaired) electrons. The fourth-order valence-electron chi connectivity index (χ4n) is 2.03. The van der Waals surface area contributed by atoms with Gasteiger partial charge in [-0.1, -0.05) is 11.3 Å². The molecule has 0 aliphatic heterocycles. The highest BCUT2D eigenvalue weighted by Crippen LogP contribution is 2.16. The molecule has 0 spiro atoms. The number of halogens is 2. The molecule has 0 aliphatic carbocycles. The largest absolute Gasteiger partial charge is 0.478 e. The molecule has 0 unspecified atom stereocenters. The predicted molar refractivity (Wildman–Crippen MR) is 69.9 cm³/mol. The number of aromatic nitrogens is 3. The van der Waals surface area contributed by atoms with Crippen molar-refractivity contribution < 1.29 is 18.7 Å². The lowest BCUT2D eigenvalue weighted by Crippen LogP contribution is -2.03. The maximum Gasteiger partial charge on any atom is 0.335 e. The molecular weight excluding hydrogens is 280 g/mol. The smallest absolute Gasteiger partial charge is 0.335 e. The molecule has 21 heavy (non-hydrogen) atoms. The van der Waals surface area contributed by atoms with Crippen LogP contribution in [0.5, 0.6) is 0 Å². The average molecular weight is 289 g/mol. The number of benzene rings is 2. The zero-order valence-electron chi connectivity index (χ0n) is 10.6. The third-order valence-corrected chi connectivity index (χ3v) is 3.08. The number of carboxylic acid groups (broad SMARTS) is 1. The van der Waals surface area contributed by atoms with Crippen LogP contribution in [0.1, 0.15) is 15.9 Å². The van der Waals surface area contributed by atoms with E-state index in [2.05, 4.69) is 10.3 Å². The molecule has 2 aromatic carbocycles.